The first-order valence-electron chi connectivity index (χ1n) is 7.58. The number of nitrogens with one attached hydrogen (secondary N) is 2. The maximum absolute atomic E-state index is 12.0. The van der Waals surface area contributed by atoms with E-state index in [0.29, 0.717) is 12.3 Å². The highest BCUT2D eigenvalue weighted by Crippen LogP contribution is 2.17. The summed E-state index contributed by atoms with van der Waals surface area (Å²) in [6.45, 7) is 7.05. The molecule has 2 N–H and O–H groups in total. The molecule has 0 unspecified atom stereocenters. The molecule has 2 aromatic rings. The van der Waals surface area contributed by atoms with Crippen LogP contribution in [0.4, 0.5) is 5.69 Å². The largest absolute Gasteiger partial charge is 0.483 e. The number of benzene rings is 2. The normalized spacial score (nSPS) is 10.1. The van der Waals surface area contributed by atoms with E-state index in [1.54, 1.807) is 6.08 Å². The molecule has 0 saturated heterocycles. The van der Waals surface area contributed by atoms with Crippen molar-refractivity contribution in [1.82, 2.24) is 5.32 Å². The van der Waals surface area contributed by atoms with Crippen LogP contribution in [0.15, 0.2) is 61.2 Å². The molecule has 0 heterocycles. The molecule has 2 aromatic carbocycles. The van der Waals surface area contributed by atoms with E-state index in [4.69, 9.17) is 4.74 Å². The minimum absolute atomic E-state index is 0.0215. The van der Waals surface area contributed by atoms with Crippen LogP contribution in [0.2, 0.25) is 0 Å². The van der Waals surface area contributed by atoms with Gasteiger partial charge in [0.2, 0.25) is 0 Å². The second kappa shape index (κ2) is 8.76. The smallest absolute Gasteiger partial charge is 0.262 e. The molecule has 0 aliphatic carbocycles. The molecule has 0 aliphatic rings. The van der Waals surface area contributed by atoms with E-state index < -0.39 is 0 Å². The van der Waals surface area contributed by atoms with Crippen LogP contribution in [0.5, 0.6) is 5.75 Å². The van der Waals surface area contributed by atoms with E-state index in [1.807, 2.05) is 55.5 Å². The molecule has 2 rings (SSSR count). The highest BCUT2D eigenvalue weighted by atomic mass is 16.5. The second-order valence-electron chi connectivity index (χ2n) is 5.23. The van der Waals surface area contributed by atoms with E-state index in [2.05, 4.69) is 17.2 Å². The molecule has 0 aromatic heterocycles. The Morgan fingerprint density at radius 3 is 2.65 bits per heavy atom. The van der Waals surface area contributed by atoms with Crippen molar-refractivity contribution in [2.24, 2.45) is 0 Å². The topological polar surface area (TPSA) is 50.4 Å². The summed E-state index contributed by atoms with van der Waals surface area (Å²) in [6, 6.07) is 15.3. The van der Waals surface area contributed by atoms with Crippen molar-refractivity contribution in [3.8, 4) is 5.75 Å². The predicted molar refractivity (Wildman–Crippen MR) is 93.6 cm³/mol. The van der Waals surface area contributed by atoms with E-state index >= 15 is 0 Å². The van der Waals surface area contributed by atoms with Gasteiger partial charge in [-0.15, -0.1) is 6.58 Å². The number of hydrogen-bond acceptors (Lipinski definition) is 3. The third-order valence-electron chi connectivity index (χ3n) is 3.27. The lowest BCUT2D eigenvalue weighted by Crippen LogP contribution is -2.21. The zero-order chi connectivity index (χ0) is 16.5. The summed E-state index contributed by atoms with van der Waals surface area (Å²) in [5.74, 6) is 0.533. The summed E-state index contributed by atoms with van der Waals surface area (Å²) < 4.78 is 5.65. The molecule has 0 aliphatic heterocycles. The number of aryl methyl sites for hydroxylation is 1. The molecular weight excluding hydrogens is 288 g/mol. The van der Waals surface area contributed by atoms with Gasteiger partial charge in [-0.05, 0) is 25.1 Å². The van der Waals surface area contributed by atoms with Gasteiger partial charge in [0, 0.05) is 24.3 Å². The summed E-state index contributed by atoms with van der Waals surface area (Å²) in [4.78, 5) is 12.0. The number of carbonyl (C=O) groups excluding carboxylic acids is 1. The van der Waals surface area contributed by atoms with E-state index in [9.17, 15) is 4.79 Å². The molecule has 23 heavy (non-hydrogen) atoms. The third-order valence-corrected chi connectivity index (χ3v) is 3.27. The number of amides is 1. The number of rotatable bonds is 8. The Balaban J connectivity index is 1.88. The van der Waals surface area contributed by atoms with Gasteiger partial charge in [-0.2, -0.15) is 0 Å². The lowest BCUT2D eigenvalue weighted by Gasteiger charge is -2.12. The SMILES string of the molecule is C=CCNCc1ccccc1OCC(=O)Nc1ccc(C)cc1. The molecule has 0 radical (unpaired) electrons. The number of carbonyl (C=O) groups is 1. The predicted octanol–water partition coefficient (Wildman–Crippen LogP) is 3.29. The fourth-order valence-electron chi connectivity index (χ4n) is 2.08. The molecule has 0 spiro atoms. The van der Waals surface area contributed by atoms with Gasteiger partial charge in [0.1, 0.15) is 5.75 Å². The van der Waals surface area contributed by atoms with E-state index in [0.717, 1.165) is 23.4 Å². The number of hydrogen-bond donors (Lipinski definition) is 2. The molecular formula is C19H22N2O2. The Morgan fingerprint density at radius 2 is 1.91 bits per heavy atom. The summed E-state index contributed by atoms with van der Waals surface area (Å²) in [5.41, 5.74) is 2.93. The average Bonchev–Trinajstić information content (AvgIpc) is 2.56. The van der Waals surface area contributed by atoms with Crippen LogP contribution >= 0.6 is 0 Å². The van der Waals surface area contributed by atoms with Crippen LogP contribution < -0.4 is 15.4 Å². The molecule has 1 amide bonds. The van der Waals surface area contributed by atoms with Gasteiger partial charge in [-0.1, -0.05) is 42.0 Å². The monoisotopic (exact) mass is 310 g/mol. The summed E-state index contributed by atoms with van der Waals surface area (Å²) in [5, 5.41) is 6.04. The van der Waals surface area contributed by atoms with Gasteiger partial charge in [-0.3, -0.25) is 4.79 Å². The quantitative estimate of drug-likeness (QED) is 0.581. The van der Waals surface area contributed by atoms with E-state index in [1.165, 1.54) is 0 Å². The Bertz CT molecular complexity index is 651. The van der Waals surface area contributed by atoms with Crippen LogP contribution in [0.3, 0.4) is 0 Å². The highest BCUT2D eigenvalue weighted by Gasteiger charge is 2.07. The first-order chi connectivity index (χ1) is 11.2. The fourth-order valence-corrected chi connectivity index (χ4v) is 2.08. The minimum atomic E-state index is -0.178. The zero-order valence-electron chi connectivity index (χ0n) is 13.3. The van der Waals surface area contributed by atoms with Gasteiger partial charge >= 0.3 is 0 Å². The minimum Gasteiger partial charge on any atom is -0.483 e. The Hall–Kier alpha value is -2.59. The molecule has 0 bridgehead atoms. The lowest BCUT2D eigenvalue weighted by molar-refractivity contribution is -0.118. The molecule has 0 fully saturated rings. The van der Waals surface area contributed by atoms with Crippen molar-refractivity contribution >= 4 is 11.6 Å². The van der Waals surface area contributed by atoms with Gasteiger partial charge in [0.25, 0.3) is 5.91 Å². The first kappa shape index (κ1) is 16.8. The Kier molecular flexibility index (Phi) is 6.39. The number of para-hydroxylation sites is 1. The number of ether oxygens (including phenoxy) is 1. The highest BCUT2D eigenvalue weighted by molar-refractivity contribution is 5.91. The van der Waals surface area contributed by atoms with E-state index in [-0.39, 0.29) is 12.5 Å². The van der Waals surface area contributed by atoms with Crippen molar-refractivity contribution in [2.45, 2.75) is 13.5 Å². The molecule has 4 nitrogen and oxygen atoms in total. The summed E-state index contributed by atoms with van der Waals surface area (Å²) in [6.07, 6.45) is 1.80. The zero-order valence-corrected chi connectivity index (χ0v) is 13.3. The van der Waals surface area contributed by atoms with Crippen LogP contribution in [-0.2, 0) is 11.3 Å². The lowest BCUT2D eigenvalue weighted by atomic mass is 10.2. The van der Waals surface area contributed by atoms with Crippen LogP contribution in [0, 0.1) is 6.92 Å². The molecule has 0 saturated carbocycles. The maximum Gasteiger partial charge on any atom is 0.262 e. The fraction of sp³-hybridized carbons (Fsp3) is 0.211. The van der Waals surface area contributed by atoms with Gasteiger partial charge in [0.15, 0.2) is 6.61 Å². The Labute approximate surface area is 137 Å². The standard InChI is InChI=1S/C19H22N2O2/c1-3-12-20-13-16-6-4-5-7-18(16)23-14-19(22)21-17-10-8-15(2)9-11-17/h3-11,20H,1,12-14H2,2H3,(H,21,22). The summed E-state index contributed by atoms with van der Waals surface area (Å²) in [7, 11) is 0. The second-order valence-corrected chi connectivity index (χ2v) is 5.23. The van der Waals surface area contributed by atoms with Crippen molar-refractivity contribution in [3.05, 3.63) is 72.3 Å². The third kappa shape index (κ3) is 5.60. The first-order valence-corrected chi connectivity index (χ1v) is 7.58. The van der Waals surface area contributed by atoms with Gasteiger partial charge in [0.05, 0.1) is 0 Å². The molecule has 4 heteroatoms. The van der Waals surface area contributed by atoms with Gasteiger partial charge in [-0.25, -0.2) is 0 Å². The average molecular weight is 310 g/mol. The summed E-state index contributed by atoms with van der Waals surface area (Å²) >= 11 is 0. The maximum atomic E-state index is 12.0. The van der Waals surface area contributed by atoms with Crippen molar-refractivity contribution in [3.63, 3.8) is 0 Å². The van der Waals surface area contributed by atoms with Crippen molar-refractivity contribution in [1.29, 1.82) is 0 Å². The van der Waals surface area contributed by atoms with Crippen LogP contribution in [0.1, 0.15) is 11.1 Å². The van der Waals surface area contributed by atoms with Crippen molar-refractivity contribution in [2.75, 3.05) is 18.5 Å². The number of anilines is 1. The van der Waals surface area contributed by atoms with Crippen molar-refractivity contribution < 1.29 is 9.53 Å². The molecule has 120 valence electrons. The van der Waals surface area contributed by atoms with Crippen LogP contribution in [-0.4, -0.2) is 19.1 Å². The van der Waals surface area contributed by atoms with Crippen LogP contribution in [0.25, 0.3) is 0 Å². The Morgan fingerprint density at radius 1 is 1.17 bits per heavy atom. The molecule has 0 atom stereocenters. The van der Waals surface area contributed by atoms with Gasteiger partial charge < -0.3 is 15.4 Å².